The molecule has 0 saturated heterocycles. The molecule has 206 valence electrons. The number of nitrogens with zero attached hydrogens (tertiary/aromatic N) is 4. The Morgan fingerprint density at radius 3 is 2.58 bits per heavy atom. The summed E-state index contributed by atoms with van der Waals surface area (Å²) in [5.41, 5.74) is 11.8. The molecule has 6 rings (SSSR count). The Balaban J connectivity index is 1.33. The number of aryl methyl sites for hydroxylation is 3. The SMILES string of the molecule is CCc1ccc(C(=O)N2CCc3ccc(C(CC(=O)O)c4ccc5c(nnn5C)c4C)cc3C2)c2c1CCCC2. The lowest BCUT2D eigenvalue weighted by molar-refractivity contribution is -0.137. The summed E-state index contributed by atoms with van der Waals surface area (Å²) in [7, 11) is 1.85. The first kappa shape index (κ1) is 26.2. The van der Waals surface area contributed by atoms with Crippen molar-refractivity contribution in [1.82, 2.24) is 19.9 Å². The molecule has 1 amide bonds. The summed E-state index contributed by atoms with van der Waals surface area (Å²) < 4.78 is 1.73. The number of carbonyl (C=O) groups excluding carboxylic acids is 1. The highest BCUT2D eigenvalue weighted by Crippen LogP contribution is 2.36. The van der Waals surface area contributed by atoms with Gasteiger partial charge in [-0.25, -0.2) is 4.68 Å². The number of hydrogen-bond acceptors (Lipinski definition) is 4. The van der Waals surface area contributed by atoms with Gasteiger partial charge in [0.2, 0.25) is 0 Å². The van der Waals surface area contributed by atoms with Crippen LogP contribution >= 0.6 is 0 Å². The van der Waals surface area contributed by atoms with Crippen molar-refractivity contribution >= 4 is 22.9 Å². The van der Waals surface area contributed by atoms with Crippen LogP contribution in [0.3, 0.4) is 0 Å². The smallest absolute Gasteiger partial charge is 0.304 e. The van der Waals surface area contributed by atoms with E-state index in [1.54, 1.807) is 4.68 Å². The second-order valence-corrected chi connectivity index (χ2v) is 11.3. The van der Waals surface area contributed by atoms with Crippen LogP contribution in [0.25, 0.3) is 11.0 Å². The number of carbonyl (C=O) groups is 2. The molecule has 3 aromatic carbocycles. The summed E-state index contributed by atoms with van der Waals surface area (Å²) in [5.74, 6) is -1.06. The number of carboxylic acids is 1. The molecule has 1 atom stereocenters. The molecule has 7 heteroatoms. The fourth-order valence-corrected chi connectivity index (χ4v) is 6.82. The predicted molar refractivity (Wildman–Crippen MR) is 155 cm³/mol. The molecule has 0 bridgehead atoms. The second kappa shape index (κ2) is 10.5. The quantitative estimate of drug-likeness (QED) is 0.350. The number of fused-ring (bicyclic) bond motifs is 3. The van der Waals surface area contributed by atoms with Gasteiger partial charge in [-0.05, 0) is 102 Å². The minimum absolute atomic E-state index is 0.0239. The summed E-state index contributed by atoms with van der Waals surface area (Å²) in [6.07, 6.45) is 6.14. The van der Waals surface area contributed by atoms with E-state index in [9.17, 15) is 14.7 Å². The lowest BCUT2D eigenvalue weighted by atomic mass is 9.83. The molecule has 1 unspecified atom stereocenters. The van der Waals surface area contributed by atoms with Crippen LogP contribution in [0, 0.1) is 6.92 Å². The number of aliphatic carboxylic acids is 1. The number of aromatic nitrogens is 3. The number of amides is 1. The van der Waals surface area contributed by atoms with Crippen LogP contribution in [0.15, 0.2) is 42.5 Å². The molecular formula is C33H36N4O3. The molecular weight excluding hydrogens is 500 g/mol. The molecule has 0 saturated carbocycles. The number of benzene rings is 3. The first-order valence-corrected chi connectivity index (χ1v) is 14.4. The molecule has 0 spiro atoms. The molecule has 0 fully saturated rings. The van der Waals surface area contributed by atoms with Gasteiger partial charge in [-0.1, -0.05) is 42.5 Å². The van der Waals surface area contributed by atoms with Crippen LogP contribution in [0.2, 0.25) is 0 Å². The topological polar surface area (TPSA) is 88.3 Å². The molecule has 1 aromatic heterocycles. The van der Waals surface area contributed by atoms with Crippen LogP contribution < -0.4 is 0 Å². The highest BCUT2D eigenvalue weighted by atomic mass is 16.4. The van der Waals surface area contributed by atoms with E-state index in [1.165, 1.54) is 28.7 Å². The summed E-state index contributed by atoms with van der Waals surface area (Å²) in [4.78, 5) is 27.8. The maximum atomic E-state index is 13.9. The zero-order valence-corrected chi connectivity index (χ0v) is 23.5. The third kappa shape index (κ3) is 4.57. The number of carboxylic acid groups (broad SMARTS) is 1. The standard InChI is InChI=1S/C33H36N4O3/c1-4-21-11-12-28(27-8-6-5-7-26(21)27)33(40)37-16-15-22-9-10-23(17-24(22)19-37)29(18-31(38)39)25-13-14-30-32(20(25)2)34-35-36(30)3/h9-14,17,29H,4-8,15-16,18-19H2,1-3H3,(H,38,39). The Hall–Kier alpha value is -4.00. The van der Waals surface area contributed by atoms with E-state index in [0.717, 1.165) is 71.0 Å². The summed E-state index contributed by atoms with van der Waals surface area (Å²) in [6, 6.07) is 14.5. The maximum Gasteiger partial charge on any atom is 0.304 e. The van der Waals surface area contributed by atoms with E-state index in [0.29, 0.717) is 13.1 Å². The summed E-state index contributed by atoms with van der Waals surface area (Å²) in [6.45, 7) is 5.41. The molecule has 7 nitrogen and oxygen atoms in total. The Morgan fingerprint density at radius 1 is 1.00 bits per heavy atom. The van der Waals surface area contributed by atoms with E-state index in [4.69, 9.17) is 0 Å². The highest BCUT2D eigenvalue weighted by Gasteiger charge is 2.28. The van der Waals surface area contributed by atoms with Gasteiger partial charge in [0.25, 0.3) is 5.91 Å². The van der Waals surface area contributed by atoms with E-state index in [1.807, 2.05) is 37.1 Å². The van der Waals surface area contributed by atoms with Crippen molar-refractivity contribution in [1.29, 1.82) is 0 Å². The zero-order valence-electron chi connectivity index (χ0n) is 23.5. The van der Waals surface area contributed by atoms with E-state index < -0.39 is 5.97 Å². The second-order valence-electron chi connectivity index (χ2n) is 11.3. The third-order valence-electron chi connectivity index (χ3n) is 9.01. The van der Waals surface area contributed by atoms with Gasteiger partial charge < -0.3 is 10.0 Å². The Labute approximate surface area is 234 Å². The molecule has 1 N–H and O–H groups in total. The van der Waals surface area contributed by atoms with Gasteiger partial charge in [0.1, 0.15) is 5.52 Å². The first-order valence-electron chi connectivity index (χ1n) is 14.4. The molecule has 4 aromatic rings. The lowest BCUT2D eigenvalue weighted by Gasteiger charge is -2.32. The normalized spacial score (nSPS) is 15.5. The van der Waals surface area contributed by atoms with E-state index >= 15 is 0 Å². The molecule has 1 aliphatic heterocycles. The van der Waals surface area contributed by atoms with Crippen molar-refractivity contribution in [3.05, 3.63) is 92.5 Å². The summed E-state index contributed by atoms with van der Waals surface area (Å²) >= 11 is 0. The number of rotatable bonds is 6. The van der Waals surface area contributed by atoms with Crippen molar-refractivity contribution in [2.75, 3.05) is 6.54 Å². The zero-order chi connectivity index (χ0) is 28.0. The Bertz CT molecular complexity index is 1640. The van der Waals surface area contributed by atoms with Crippen molar-refractivity contribution in [3.8, 4) is 0 Å². The maximum absolute atomic E-state index is 13.9. The monoisotopic (exact) mass is 536 g/mol. The highest BCUT2D eigenvalue weighted by molar-refractivity contribution is 5.96. The predicted octanol–water partition coefficient (Wildman–Crippen LogP) is 5.52. The molecule has 2 heterocycles. The van der Waals surface area contributed by atoms with Gasteiger partial charge in [0, 0.05) is 31.6 Å². The molecule has 2 aliphatic rings. The first-order chi connectivity index (χ1) is 19.4. The largest absolute Gasteiger partial charge is 0.481 e. The van der Waals surface area contributed by atoms with Crippen LogP contribution in [0.4, 0.5) is 0 Å². The van der Waals surface area contributed by atoms with Crippen molar-refractivity contribution in [3.63, 3.8) is 0 Å². The van der Waals surface area contributed by atoms with E-state index in [2.05, 4.69) is 41.5 Å². The van der Waals surface area contributed by atoms with Crippen LogP contribution in [-0.2, 0) is 44.1 Å². The number of hydrogen-bond donors (Lipinski definition) is 1. The fraction of sp³-hybridized carbons (Fsp3) is 0.394. The van der Waals surface area contributed by atoms with Gasteiger partial charge in [0.15, 0.2) is 0 Å². The van der Waals surface area contributed by atoms with Gasteiger partial charge in [0.05, 0.1) is 11.9 Å². The van der Waals surface area contributed by atoms with Crippen molar-refractivity contribution in [2.45, 2.75) is 71.3 Å². The molecule has 1 aliphatic carbocycles. The van der Waals surface area contributed by atoms with Gasteiger partial charge in [-0.15, -0.1) is 5.10 Å². The van der Waals surface area contributed by atoms with Crippen LogP contribution in [-0.4, -0.2) is 43.4 Å². The van der Waals surface area contributed by atoms with Gasteiger partial charge in [-0.3, -0.25) is 9.59 Å². The Kier molecular flexibility index (Phi) is 6.90. The van der Waals surface area contributed by atoms with Gasteiger partial charge in [-0.2, -0.15) is 0 Å². The molecule has 0 radical (unpaired) electrons. The third-order valence-corrected chi connectivity index (χ3v) is 9.01. The summed E-state index contributed by atoms with van der Waals surface area (Å²) in [5, 5.41) is 18.3. The van der Waals surface area contributed by atoms with Gasteiger partial charge >= 0.3 is 5.97 Å². The fourth-order valence-electron chi connectivity index (χ4n) is 6.82. The minimum atomic E-state index is -0.849. The lowest BCUT2D eigenvalue weighted by Crippen LogP contribution is -2.37. The Morgan fingerprint density at radius 2 is 1.80 bits per heavy atom. The minimum Gasteiger partial charge on any atom is -0.481 e. The van der Waals surface area contributed by atoms with Crippen molar-refractivity contribution in [2.24, 2.45) is 7.05 Å². The average molecular weight is 537 g/mol. The van der Waals surface area contributed by atoms with Crippen molar-refractivity contribution < 1.29 is 14.7 Å². The molecule has 40 heavy (non-hydrogen) atoms. The van der Waals surface area contributed by atoms with E-state index in [-0.39, 0.29) is 18.2 Å². The average Bonchev–Trinajstić information content (AvgIpc) is 3.36. The van der Waals surface area contributed by atoms with Crippen LogP contribution in [0.1, 0.15) is 87.0 Å². The van der Waals surface area contributed by atoms with Crippen LogP contribution in [0.5, 0.6) is 0 Å².